The SMILES string of the molecule is Nc1ccc(NC(=O)CC2CC2)c(C(F)(F)F)c1. The number of nitrogen functional groups attached to an aromatic ring is 1. The Bertz CT molecular complexity index is 467. The molecule has 0 aromatic heterocycles. The van der Waals surface area contributed by atoms with E-state index in [-0.39, 0.29) is 23.7 Å². The fourth-order valence-electron chi connectivity index (χ4n) is 1.69. The molecule has 1 fully saturated rings. The van der Waals surface area contributed by atoms with E-state index >= 15 is 0 Å². The average Bonchev–Trinajstić information content (AvgIpc) is 3.03. The summed E-state index contributed by atoms with van der Waals surface area (Å²) in [6.45, 7) is 0. The van der Waals surface area contributed by atoms with Crippen molar-refractivity contribution in [1.82, 2.24) is 0 Å². The van der Waals surface area contributed by atoms with Crippen molar-refractivity contribution in [2.75, 3.05) is 11.1 Å². The summed E-state index contributed by atoms with van der Waals surface area (Å²) in [5.41, 5.74) is 4.20. The molecule has 1 aromatic carbocycles. The number of alkyl halides is 3. The second-order valence-corrected chi connectivity index (χ2v) is 4.50. The smallest absolute Gasteiger partial charge is 0.399 e. The maximum atomic E-state index is 12.7. The van der Waals surface area contributed by atoms with Crippen LogP contribution >= 0.6 is 0 Å². The largest absolute Gasteiger partial charge is 0.418 e. The molecule has 1 aliphatic rings. The Hall–Kier alpha value is -1.72. The topological polar surface area (TPSA) is 55.1 Å². The van der Waals surface area contributed by atoms with Gasteiger partial charge in [-0.2, -0.15) is 13.2 Å². The Kier molecular flexibility index (Phi) is 3.19. The summed E-state index contributed by atoms with van der Waals surface area (Å²) in [5, 5.41) is 2.30. The van der Waals surface area contributed by atoms with Crippen LogP contribution in [0, 0.1) is 5.92 Å². The Balaban J connectivity index is 2.17. The molecule has 0 saturated heterocycles. The van der Waals surface area contributed by atoms with Crippen LogP contribution in [-0.2, 0) is 11.0 Å². The van der Waals surface area contributed by atoms with E-state index in [1.54, 1.807) is 0 Å². The third-order valence-corrected chi connectivity index (χ3v) is 2.79. The number of hydrogen-bond acceptors (Lipinski definition) is 2. The number of halogens is 3. The molecular weight excluding hydrogens is 245 g/mol. The molecule has 0 atom stereocenters. The van der Waals surface area contributed by atoms with Crippen LogP contribution in [-0.4, -0.2) is 5.91 Å². The van der Waals surface area contributed by atoms with Crippen molar-refractivity contribution in [3.05, 3.63) is 23.8 Å². The van der Waals surface area contributed by atoms with Gasteiger partial charge in [0.05, 0.1) is 11.3 Å². The van der Waals surface area contributed by atoms with Crippen LogP contribution in [0.15, 0.2) is 18.2 Å². The predicted octanol–water partition coefficient (Wildman–Crippen LogP) is 3.03. The zero-order valence-electron chi connectivity index (χ0n) is 9.55. The normalized spacial score (nSPS) is 15.5. The zero-order chi connectivity index (χ0) is 13.3. The molecule has 0 heterocycles. The molecule has 3 N–H and O–H groups in total. The highest BCUT2D eigenvalue weighted by atomic mass is 19.4. The number of anilines is 2. The van der Waals surface area contributed by atoms with Crippen LogP contribution in [0.3, 0.4) is 0 Å². The molecule has 6 heteroatoms. The maximum absolute atomic E-state index is 12.7. The van der Waals surface area contributed by atoms with Gasteiger partial charge in [0, 0.05) is 12.1 Å². The second kappa shape index (κ2) is 4.51. The van der Waals surface area contributed by atoms with E-state index in [0.717, 1.165) is 18.9 Å². The lowest BCUT2D eigenvalue weighted by Gasteiger charge is -2.14. The minimum Gasteiger partial charge on any atom is -0.399 e. The summed E-state index contributed by atoms with van der Waals surface area (Å²) in [4.78, 5) is 11.5. The van der Waals surface area contributed by atoms with E-state index in [2.05, 4.69) is 5.32 Å². The third kappa shape index (κ3) is 3.15. The molecule has 0 spiro atoms. The summed E-state index contributed by atoms with van der Waals surface area (Å²) < 4.78 is 38.2. The Morgan fingerprint density at radius 1 is 1.39 bits per heavy atom. The highest BCUT2D eigenvalue weighted by Crippen LogP contribution is 2.37. The molecule has 0 bridgehead atoms. The number of carbonyl (C=O) groups is 1. The van der Waals surface area contributed by atoms with E-state index in [1.165, 1.54) is 12.1 Å². The lowest BCUT2D eigenvalue weighted by Crippen LogP contribution is -2.17. The van der Waals surface area contributed by atoms with Crippen LogP contribution in [0.4, 0.5) is 24.5 Å². The summed E-state index contributed by atoms with van der Waals surface area (Å²) >= 11 is 0. The summed E-state index contributed by atoms with van der Waals surface area (Å²) in [6, 6.07) is 3.34. The van der Waals surface area contributed by atoms with Crippen molar-refractivity contribution in [1.29, 1.82) is 0 Å². The minimum atomic E-state index is -4.53. The molecule has 1 aliphatic carbocycles. The highest BCUT2D eigenvalue weighted by Gasteiger charge is 2.34. The van der Waals surface area contributed by atoms with Crippen LogP contribution in [0.2, 0.25) is 0 Å². The Labute approximate surface area is 102 Å². The number of nitrogens with one attached hydrogen (secondary N) is 1. The number of amides is 1. The zero-order valence-corrected chi connectivity index (χ0v) is 9.55. The molecule has 0 unspecified atom stereocenters. The highest BCUT2D eigenvalue weighted by molar-refractivity contribution is 5.92. The summed E-state index contributed by atoms with van der Waals surface area (Å²) in [5.74, 6) is -0.0547. The van der Waals surface area contributed by atoms with Crippen molar-refractivity contribution in [3.8, 4) is 0 Å². The molecule has 1 aromatic rings. The molecule has 0 radical (unpaired) electrons. The van der Waals surface area contributed by atoms with Gasteiger partial charge in [-0.05, 0) is 37.0 Å². The third-order valence-electron chi connectivity index (χ3n) is 2.79. The standard InChI is InChI=1S/C12H13F3N2O/c13-12(14,15)9-6-8(16)3-4-10(9)17-11(18)5-7-1-2-7/h3-4,6-7H,1-2,5,16H2,(H,17,18). The molecule has 98 valence electrons. The number of rotatable bonds is 3. The summed E-state index contributed by atoms with van der Waals surface area (Å²) in [7, 11) is 0. The van der Waals surface area contributed by atoms with Crippen molar-refractivity contribution >= 4 is 17.3 Å². The first kappa shape index (κ1) is 12.7. The van der Waals surface area contributed by atoms with Crippen LogP contribution in [0.25, 0.3) is 0 Å². The predicted molar refractivity (Wildman–Crippen MR) is 61.8 cm³/mol. The van der Waals surface area contributed by atoms with Crippen molar-refractivity contribution < 1.29 is 18.0 Å². The number of nitrogens with two attached hydrogens (primary N) is 1. The van der Waals surface area contributed by atoms with Gasteiger partial charge in [0.1, 0.15) is 0 Å². The maximum Gasteiger partial charge on any atom is 0.418 e. The van der Waals surface area contributed by atoms with Crippen molar-refractivity contribution in [3.63, 3.8) is 0 Å². The molecule has 2 rings (SSSR count). The molecule has 18 heavy (non-hydrogen) atoms. The molecule has 1 amide bonds. The monoisotopic (exact) mass is 258 g/mol. The van der Waals surface area contributed by atoms with Crippen LogP contribution in [0.5, 0.6) is 0 Å². The molecule has 0 aliphatic heterocycles. The van der Waals surface area contributed by atoms with Gasteiger partial charge in [0.25, 0.3) is 0 Å². The van der Waals surface area contributed by atoms with Crippen molar-refractivity contribution in [2.24, 2.45) is 5.92 Å². The second-order valence-electron chi connectivity index (χ2n) is 4.50. The lowest BCUT2D eigenvalue weighted by atomic mass is 10.1. The number of hydrogen-bond donors (Lipinski definition) is 2. The average molecular weight is 258 g/mol. The van der Waals surface area contributed by atoms with Gasteiger partial charge >= 0.3 is 6.18 Å². The first-order valence-electron chi connectivity index (χ1n) is 5.63. The van der Waals surface area contributed by atoms with Gasteiger partial charge in [-0.1, -0.05) is 0 Å². The Morgan fingerprint density at radius 2 is 2.06 bits per heavy atom. The minimum absolute atomic E-state index is 0.0162. The van der Waals surface area contributed by atoms with Gasteiger partial charge in [0.2, 0.25) is 5.91 Å². The molecule has 3 nitrogen and oxygen atoms in total. The van der Waals surface area contributed by atoms with E-state index in [9.17, 15) is 18.0 Å². The van der Waals surface area contributed by atoms with Crippen LogP contribution in [0.1, 0.15) is 24.8 Å². The van der Waals surface area contributed by atoms with Crippen molar-refractivity contribution in [2.45, 2.75) is 25.4 Å². The quantitative estimate of drug-likeness (QED) is 0.819. The van der Waals surface area contributed by atoms with Gasteiger partial charge in [-0.3, -0.25) is 4.79 Å². The van der Waals surface area contributed by atoms with Gasteiger partial charge in [-0.25, -0.2) is 0 Å². The number of benzene rings is 1. The molecule has 1 saturated carbocycles. The fraction of sp³-hybridized carbons (Fsp3) is 0.417. The lowest BCUT2D eigenvalue weighted by molar-refractivity contribution is -0.136. The fourth-order valence-corrected chi connectivity index (χ4v) is 1.69. The van der Waals surface area contributed by atoms with E-state index in [1.807, 2.05) is 0 Å². The molecular formula is C12H13F3N2O. The Morgan fingerprint density at radius 3 is 2.61 bits per heavy atom. The van der Waals surface area contributed by atoms with Gasteiger partial charge in [-0.15, -0.1) is 0 Å². The van der Waals surface area contributed by atoms with E-state index in [4.69, 9.17) is 5.73 Å². The first-order valence-corrected chi connectivity index (χ1v) is 5.63. The first-order chi connectivity index (χ1) is 8.36. The van der Waals surface area contributed by atoms with Gasteiger partial charge < -0.3 is 11.1 Å². The summed E-state index contributed by atoms with van der Waals surface area (Å²) in [6.07, 6.45) is -2.30. The van der Waals surface area contributed by atoms with E-state index in [0.29, 0.717) is 5.92 Å². The van der Waals surface area contributed by atoms with E-state index < -0.39 is 11.7 Å². The van der Waals surface area contributed by atoms with Crippen LogP contribution < -0.4 is 11.1 Å². The number of carbonyl (C=O) groups excluding carboxylic acids is 1. The van der Waals surface area contributed by atoms with Gasteiger partial charge in [0.15, 0.2) is 0 Å².